The van der Waals surface area contributed by atoms with Crippen molar-refractivity contribution in [2.45, 2.75) is 77.1 Å². The molecular formula is C20H32O4. The molecule has 0 aromatic heterocycles. The smallest absolute Gasteiger partial charge is 0.0723 e. The van der Waals surface area contributed by atoms with Gasteiger partial charge in [-0.25, -0.2) is 0 Å². The Morgan fingerprint density at radius 1 is 1.04 bits per heavy atom. The monoisotopic (exact) mass is 336 g/mol. The van der Waals surface area contributed by atoms with Crippen LogP contribution in [-0.4, -0.2) is 44.8 Å². The summed E-state index contributed by atoms with van der Waals surface area (Å²) >= 11 is 0. The summed E-state index contributed by atoms with van der Waals surface area (Å²) in [6.45, 7) is 6.14. The van der Waals surface area contributed by atoms with E-state index in [1.807, 2.05) is 13.8 Å². The topological polar surface area (TPSA) is 80.9 Å². The van der Waals surface area contributed by atoms with Crippen LogP contribution in [0.5, 0.6) is 0 Å². The van der Waals surface area contributed by atoms with Crippen molar-refractivity contribution in [1.82, 2.24) is 0 Å². The molecule has 4 nitrogen and oxygen atoms in total. The van der Waals surface area contributed by atoms with Gasteiger partial charge >= 0.3 is 0 Å². The molecular weight excluding hydrogens is 304 g/mol. The molecule has 24 heavy (non-hydrogen) atoms. The van der Waals surface area contributed by atoms with E-state index in [-0.39, 0.29) is 29.3 Å². The van der Waals surface area contributed by atoms with Crippen molar-refractivity contribution in [3.63, 3.8) is 0 Å². The summed E-state index contributed by atoms with van der Waals surface area (Å²) < 4.78 is 0. The Balaban J connectivity index is 1.82. The minimum atomic E-state index is -0.838. The van der Waals surface area contributed by atoms with Crippen LogP contribution in [0.3, 0.4) is 0 Å². The highest BCUT2D eigenvalue weighted by atomic mass is 16.3. The summed E-state index contributed by atoms with van der Waals surface area (Å²) in [6.07, 6.45) is 6.19. The summed E-state index contributed by atoms with van der Waals surface area (Å²) in [5.74, 6) is 0.0242. The summed E-state index contributed by atoms with van der Waals surface area (Å²) in [5, 5.41) is 42.5. The first-order valence-electron chi connectivity index (χ1n) is 9.54. The van der Waals surface area contributed by atoms with Gasteiger partial charge in [0.2, 0.25) is 0 Å². The zero-order chi connectivity index (χ0) is 17.5. The number of hydrogen-bond acceptors (Lipinski definition) is 4. The van der Waals surface area contributed by atoms with Crippen molar-refractivity contribution in [3.05, 3.63) is 11.6 Å². The molecule has 0 aromatic rings. The van der Waals surface area contributed by atoms with Crippen LogP contribution in [-0.2, 0) is 0 Å². The maximum atomic E-state index is 11.1. The highest BCUT2D eigenvalue weighted by Crippen LogP contribution is 2.70. The van der Waals surface area contributed by atoms with Crippen molar-refractivity contribution in [2.24, 2.45) is 28.1 Å². The van der Waals surface area contributed by atoms with Gasteiger partial charge in [-0.2, -0.15) is 0 Å². The van der Waals surface area contributed by atoms with Crippen molar-refractivity contribution in [3.8, 4) is 0 Å². The molecule has 4 heteroatoms. The molecule has 8 atom stereocenters. The first-order chi connectivity index (χ1) is 11.1. The van der Waals surface area contributed by atoms with Crippen LogP contribution in [0.15, 0.2) is 11.6 Å². The second-order valence-corrected chi connectivity index (χ2v) is 9.79. The zero-order valence-corrected chi connectivity index (χ0v) is 15.1. The Labute approximate surface area is 144 Å². The average molecular weight is 336 g/mol. The van der Waals surface area contributed by atoms with Gasteiger partial charge in [-0.15, -0.1) is 0 Å². The summed E-state index contributed by atoms with van der Waals surface area (Å²) in [5.41, 5.74) is -0.315. The first kappa shape index (κ1) is 17.0. The Hall–Kier alpha value is -0.420. The Bertz CT molecular complexity index is 584. The third-order valence-electron chi connectivity index (χ3n) is 8.68. The molecule has 4 aliphatic rings. The molecule has 0 saturated heterocycles. The number of rotatable bonds is 1. The Morgan fingerprint density at radius 3 is 2.42 bits per heavy atom. The molecule has 4 N–H and O–H groups in total. The van der Waals surface area contributed by atoms with Crippen LogP contribution in [0.25, 0.3) is 0 Å². The van der Waals surface area contributed by atoms with E-state index >= 15 is 0 Å². The minimum absolute atomic E-state index is 0.00159. The van der Waals surface area contributed by atoms with Crippen molar-refractivity contribution >= 4 is 0 Å². The number of fused-ring (bicyclic) bond motifs is 3. The molecule has 4 aliphatic carbocycles. The third kappa shape index (κ3) is 1.78. The second kappa shape index (κ2) is 4.85. The van der Waals surface area contributed by atoms with Gasteiger partial charge in [0.1, 0.15) is 0 Å². The molecule has 136 valence electrons. The minimum Gasteiger partial charge on any atom is -0.396 e. The van der Waals surface area contributed by atoms with E-state index in [1.165, 1.54) is 5.57 Å². The fourth-order valence-electron chi connectivity index (χ4n) is 7.04. The normalized spacial score (nSPS) is 59.5. The van der Waals surface area contributed by atoms with E-state index < -0.39 is 23.2 Å². The quantitative estimate of drug-likeness (QED) is 0.552. The van der Waals surface area contributed by atoms with Crippen LogP contribution < -0.4 is 0 Å². The van der Waals surface area contributed by atoms with Crippen molar-refractivity contribution in [1.29, 1.82) is 0 Å². The molecule has 4 rings (SSSR count). The van der Waals surface area contributed by atoms with Gasteiger partial charge in [-0.05, 0) is 56.8 Å². The van der Waals surface area contributed by atoms with E-state index in [4.69, 9.17) is 0 Å². The summed E-state index contributed by atoms with van der Waals surface area (Å²) in [6, 6.07) is 0. The van der Waals surface area contributed by atoms with Crippen molar-refractivity contribution < 1.29 is 20.4 Å². The van der Waals surface area contributed by atoms with E-state index in [0.717, 1.165) is 32.1 Å². The highest BCUT2D eigenvalue weighted by Gasteiger charge is 2.67. The first-order valence-corrected chi connectivity index (χ1v) is 9.54. The molecule has 3 fully saturated rings. The van der Waals surface area contributed by atoms with E-state index in [9.17, 15) is 20.4 Å². The average Bonchev–Trinajstić information content (AvgIpc) is 2.77. The molecule has 0 amide bonds. The van der Waals surface area contributed by atoms with Crippen LogP contribution in [0, 0.1) is 28.1 Å². The van der Waals surface area contributed by atoms with Crippen LogP contribution in [0.1, 0.15) is 59.3 Å². The van der Waals surface area contributed by atoms with E-state index in [1.54, 1.807) is 0 Å². The van der Waals surface area contributed by atoms with E-state index in [0.29, 0.717) is 6.42 Å². The maximum Gasteiger partial charge on any atom is 0.0723 e. The molecule has 0 radical (unpaired) electrons. The van der Waals surface area contributed by atoms with Gasteiger partial charge in [0.05, 0.1) is 24.4 Å². The Morgan fingerprint density at radius 2 is 1.75 bits per heavy atom. The lowest BCUT2D eigenvalue weighted by atomic mass is 9.43. The number of aliphatic hydroxyl groups is 4. The molecule has 3 saturated carbocycles. The van der Waals surface area contributed by atoms with Gasteiger partial charge in [-0.1, -0.05) is 25.5 Å². The number of hydrogen-bond donors (Lipinski definition) is 4. The molecule has 0 aliphatic heterocycles. The lowest BCUT2D eigenvalue weighted by Gasteiger charge is -2.62. The number of aliphatic hydroxyl groups excluding tert-OH is 3. The second-order valence-electron chi connectivity index (χ2n) is 9.79. The zero-order valence-electron chi connectivity index (χ0n) is 15.1. The molecule has 2 bridgehead atoms. The molecule has 0 aromatic carbocycles. The van der Waals surface area contributed by atoms with Gasteiger partial charge in [0.15, 0.2) is 0 Å². The molecule has 0 heterocycles. The summed E-state index contributed by atoms with van der Waals surface area (Å²) in [4.78, 5) is 0. The molecule has 0 unspecified atom stereocenters. The fourth-order valence-corrected chi connectivity index (χ4v) is 7.04. The van der Waals surface area contributed by atoms with Gasteiger partial charge in [0, 0.05) is 16.7 Å². The third-order valence-corrected chi connectivity index (χ3v) is 8.68. The predicted molar refractivity (Wildman–Crippen MR) is 91.1 cm³/mol. The lowest BCUT2D eigenvalue weighted by molar-refractivity contribution is -0.162. The van der Waals surface area contributed by atoms with Gasteiger partial charge in [0.25, 0.3) is 0 Å². The molecule has 1 spiro atoms. The lowest BCUT2D eigenvalue weighted by Crippen LogP contribution is -2.60. The maximum absolute atomic E-state index is 11.1. The SMILES string of the molecule is C[C@@]1(CO)[C@H](O)CC[C@]2(C)C3=C[C@H]4[C@@H](O)[C@]3(CC[C@@H]12)CC[C@@]4(C)O. The van der Waals surface area contributed by atoms with Gasteiger partial charge in [-0.3, -0.25) is 0 Å². The van der Waals surface area contributed by atoms with Crippen LogP contribution in [0.4, 0.5) is 0 Å². The summed E-state index contributed by atoms with van der Waals surface area (Å²) in [7, 11) is 0. The van der Waals surface area contributed by atoms with Crippen LogP contribution in [0.2, 0.25) is 0 Å². The largest absolute Gasteiger partial charge is 0.396 e. The van der Waals surface area contributed by atoms with Crippen molar-refractivity contribution in [2.75, 3.05) is 6.61 Å². The van der Waals surface area contributed by atoms with Gasteiger partial charge < -0.3 is 20.4 Å². The predicted octanol–water partition coefficient (Wildman–Crippen LogP) is 2.00. The Kier molecular flexibility index (Phi) is 3.44. The highest BCUT2D eigenvalue weighted by molar-refractivity contribution is 5.39. The fraction of sp³-hybridized carbons (Fsp3) is 0.900. The van der Waals surface area contributed by atoms with E-state index in [2.05, 4.69) is 13.0 Å². The standard InChI is InChI=1S/C20H32O4/c1-17-6-5-15(22)18(2,11-21)13(17)4-7-20-9-8-19(3,24)12(16(20)23)10-14(17)20/h10,12-13,15-16,21-24H,4-9,11H2,1-3H3/t12-,13+,15+,16+,17-,18-,19+,20+/m0/s1. The van der Waals surface area contributed by atoms with Crippen LogP contribution >= 0.6 is 0 Å².